The molecular formula is C15H22N4O3. The fourth-order valence-corrected chi connectivity index (χ4v) is 3.23. The SMILES string of the molecule is CCOC(=O)c1n[nH]nc1C1CCCN1C(=O)CC1CCC1. The molecule has 0 spiro atoms. The Balaban J connectivity index is 1.74. The number of carbonyl (C=O) groups excluding carboxylic acids is 2. The van der Waals surface area contributed by atoms with E-state index in [9.17, 15) is 9.59 Å². The number of aromatic nitrogens is 3. The van der Waals surface area contributed by atoms with Crippen molar-refractivity contribution in [1.82, 2.24) is 20.3 Å². The van der Waals surface area contributed by atoms with Crippen molar-refractivity contribution in [2.45, 2.75) is 51.5 Å². The molecule has 1 unspecified atom stereocenters. The molecule has 1 amide bonds. The number of nitrogens with one attached hydrogen (secondary N) is 1. The fourth-order valence-electron chi connectivity index (χ4n) is 3.23. The molecule has 1 aliphatic carbocycles. The average molecular weight is 306 g/mol. The molecule has 0 bridgehead atoms. The standard InChI is InChI=1S/C15H22N4O3/c1-2-22-15(21)14-13(16-18-17-14)11-7-4-8-19(11)12(20)9-10-5-3-6-10/h10-11H,2-9H2,1H3,(H,16,17,18). The molecule has 0 aromatic carbocycles. The van der Waals surface area contributed by atoms with Crippen molar-refractivity contribution in [3.05, 3.63) is 11.4 Å². The first-order chi connectivity index (χ1) is 10.7. The molecule has 120 valence electrons. The molecule has 0 radical (unpaired) electrons. The van der Waals surface area contributed by atoms with Crippen LogP contribution < -0.4 is 0 Å². The summed E-state index contributed by atoms with van der Waals surface area (Å²) in [6.45, 7) is 2.77. The molecular weight excluding hydrogens is 284 g/mol. The Morgan fingerprint density at radius 3 is 2.77 bits per heavy atom. The van der Waals surface area contributed by atoms with E-state index in [1.54, 1.807) is 6.92 Å². The van der Waals surface area contributed by atoms with Gasteiger partial charge in [-0.2, -0.15) is 10.3 Å². The van der Waals surface area contributed by atoms with Crippen LogP contribution >= 0.6 is 0 Å². The molecule has 2 heterocycles. The summed E-state index contributed by atoms with van der Waals surface area (Å²) in [5.41, 5.74) is 0.744. The second-order valence-electron chi connectivity index (χ2n) is 6.02. The van der Waals surface area contributed by atoms with Gasteiger partial charge in [-0.25, -0.2) is 4.79 Å². The number of amides is 1. The van der Waals surface area contributed by atoms with Gasteiger partial charge in [0, 0.05) is 13.0 Å². The van der Waals surface area contributed by atoms with E-state index in [1.165, 1.54) is 6.42 Å². The predicted octanol–water partition coefficient (Wildman–Crippen LogP) is 1.84. The molecule has 1 saturated carbocycles. The lowest BCUT2D eigenvalue weighted by Crippen LogP contribution is -2.33. The van der Waals surface area contributed by atoms with E-state index in [1.807, 2.05) is 4.90 Å². The van der Waals surface area contributed by atoms with Gasteiger partial charge in [0.25, 0.3) is 0 Å². The molecule has 1 aliphatic heterocycles. The highest BCUT2D eigenvalue weighted by Gasteiger charge is 2.36. The molecule has 7 nitrogen and oxygen atoms in total. The van der Waals surface area contributed by atoms with Crippen LogP contribution in [0.5, 0.6) is 0 Å². The number of nitrogens with zero attached hydrogens (tertiary/aromatic N) is 3. The van der Waals surface area contributed by atoms with Gasteiger partial charge < -0.3 is 9.64 Å². The highest BCUT2D eigenvalue weighted by molar-refractivity contribution is 5.88. The number of carbonyl (C=O) groups is 2. The summed E-state index contributed by atoms with van der Waals surface area (Å²) in [5, 5.41) is 10.5. The van der Waals surface area contributed by atoms with Gasteiger partial charge in [0.15, 0.2) is 5.69 Å². The lowest BCUT2D eigenvalue weighted by molar-refractivity contribution is -0.133. The predicted molar refractivity (Wildman–Crippen MR) is 78.0 cm³/mol. The number of hydrogen-bond acceptors (Lipinski definition) is 5. The minimum Gasteiger partial charge on any atom is -0.461 e. The third kappa shape index (κ3) is 2.84. The molecule has 3 rings (SSSR count). The van der Waals surface area contributed by atoms with Crippen LogP contribution in [-0.2, 0) is 9.53 Å². The van der Waals surface area contributed by atoms with Gasteiger partial charge in [0.2, 0.25) is 5.91 Å². The van der Waals surface area contributed by atoms with Crippen LogP contribution in [0.25, 0.3) is 0 Å². The number of rotatable bonds is 5. The van der Waals surface area contributed by atoms with Gasteiger partial charge >= 0.3 is 5.97 Å². The quantitative estimate of drug-likeness (QED) is 0.838. The van der Waals surface area contributed by atoms with Crippen molar-refractivity contribution in [2.24, 2.45) is 5.92 Å². The number of ether oxygens (including phenoxy) is 1. The summed E-state index contributed by atoms with van der Waals surface area (Å²) in [5.74, 6) is 0.227. The number of esters is 1. The molecule has 1 aromatic rings. The third-order valence-corrected chi connectivity index (χ3v) is 4.62. The van der Waals surface area contributed by atoms with Gasteiger partial charge in [0.05, 0.1) is 12.6 Å². The summed E-state index contributed by atoms with van der Waals surface area (Å²) in [4.78, 5) is 26.3. The topological polar surface area (TPSA) is 88.2 Å². The van der Waals surface area contributed by atoms with Crippen LogP contribution in [0.3, 0.4) is 0 Å². The van der Waals surface area contributed by atoms with Crippen molar-refractivity contribution in [3.8, 4) is 0 Å². The normalized spacial score (nSPS) is 21.7. The Morgan fingerprint density at radius 1 is 1.27 bits per heavy atom. The van der Waals surface area contributed by atoms with Gasteiger partial charge in [-0.05, 0) is 38.5 Å². The van der Waals surface area contributed by atoms with Crippen LogP contribution in [0.4, 0.5) is 0 Å². The minimum atomic E-state index is -0.482. The second kappa shape index (κ2) is 6.46. The van der Waals surface area contributed by atoms with Crippen molar-refractivity contribution in [2.75, 3.05) is 13.2 Å². The summed E-state index contributed by atoms with van der Waals surface area (Å²) in [6.07, 6.45) is 5.90. The molecule has 1 N–H and O–H groups in total. The first kappa shape index (κ1) is 15.0. The lowest BCUT2D eigenvalue weighted by Gasteiger charge is -2.29. The van der Waals surface area contributed by atoms with Gasteiger partial charge in [0.1, 0.15) is 5.69 Å². The first-order valence-electron chi connectivity index (χ1n) is 8.08. The molecule has 7 heteroatoms. The molecule has 22 heavy (non-hydrogen) atoms. The Kier molecular flexibility index (Phi) is 4.40. The Morgan fingerprint density at radius 2 is 2.09 bits per heavy atom. The van der Waals surface area contributed by atoms with Gasteiger partial charge in [-0.1, -0.05) is 6.42 Å². The zero-order chi connectivity index (χ0) is 15.5. The maximum atomic E-state index is 12.5. The first-order valence-corrected chi connectivity index (χ1v) is 8.08. The fraction of sp³-hybridized carbons (Fsp3) is 0.733. The summed E-state index contributed by atoms with van der Waals surface area (Å²) in [7, 11) is 0. The molecule has 1 atom stereocenters. The zero-order valence-electron chi connectivity index (χ0n) is 12.9. The highest BCUT2D eigenvalue weighted by atomic mass is 16.5. The molecule has 1 aromatic heterocycles. The molecule has 1 saturated heterocycles. The second-order valence-corrected chi connectivity index (χ2v) is 6.02. The number of H-pyrrole nitrogens is 1. The van der Waals surface area contributed by atoms with Crippen LogP contribution in [0, 0.1) is 5.92 Å². The Hall–Kier alpha value is -1.92. The maximum Gasteiger partial charge on any atom is 0.360 e. The van der Waals surface area contributed by atoms with E-state index in [4.69, 9.17) is 4.74 Å². The molecule has 2 fully saturated rings. The van der Waals surface area contributed by atoms with Crippen molar-refractivity contribution >= 4 is 11.9 Å². The van der Waals surface area contributed by atoms with Crippen molar-refractivity contribution < 1.29 is 14.3 Å². The number of likely N-dealkylation sites (tertiary alicyclic amines) is 1. The van der Waals surface area contributed by atoms with Crippen molar-refractivity contribution in [3.63, 3.8) is 0 Å². The summed E-state index contributed by atoms with van der Waals surface area (Å²) < 4.78 is 5.01. The lowest BCUT2D eigenvalue weighted by atomic mass is 9.82. The van der Waals surface area contributed by atoms with E-state index in [0.717, 1.165) is 32.2 Å². The van der Waals surface area contributed by atoms with E-state index in [2.05, 4.69) is 15.4 Å². The van der Waals surface area contributed by atoms with Crippen LogP contribution in [0.1, 0.15) is 67.7 Å². The Labute approximate surface area is 129 Å². The molecule has 2 aliphatic rings. The smallest absolute Gasteiger partial charge is 0.360 e. The van der Waals surface area contributed by atoms with E-state index < -0.39 is 5.97 Å². The monoisotopic (exact) mass is 306 g/mol. The summed E-state index contributed by atoms with van der Waals surface area (Å²) in [6, 6.07) is -0.161. The van der Waals surface area contributed by atoms with E-state index >= 15 is 0 Å². The van der Waals surface area contributed by atoms with E-state index in [0.29, 0.717) is 24.6 Å². The number of aromatic amines is 1. The largest absolute Gasteiger partial charge is 0.461 e. The minimum absolute atomic E-state index is 0.161. The van der Waals surface area contributed by atoms with Crippen molar-refractivity contribution in [1.29, 1.82) is 0 Å². The number of hydrogen-bond donors (Lipinski definition) is 1. The summed E-state index contributed by atoms with van der Waals surface area (Å²) >= 11 is 0. The van der Waals surface area contributed by atoms with E-state index in [-0.39, 0.29) is 17.6 Å². The van der Waals surface area contributed by atoms with Crippen LogP contribution in [0.15, 0.2) is 0 Å². The van der Waals surface area contributed by atoms with Crippen LogP contribution in [-0.4, -0.2) is 45.3 Å². The highest BCUT2D eigenvalue weighted by Crippen LogP contribution is 2.35. The third-order valence-electron chi connectivity index (χ3n) is 4.62. The zero-order valence-corrected chi connectivity index (χ0v) is 12.9. The van der Waals surface area contributed by atoms with Gasteiger partial charge in [-0.3, -0.25) is 4.79 Å². The van der Waals surface area contributed by atoms with Crippen LogP contribution in [0.2, 0.25) is 0 Å². The Bertz CT molecular complexity index is 553. The van der Waals surface area contributed by atoms with Gasteiger partial charge in [-0.15, -0.1) is 5.10 Å². The average Bonchev–Trinajstić information content (AvgIpc) is 3.10. The maximum absolute atomic E-state index is 12.5.